The van der Waals surface area contributed by atoms with Crippen LogP contribution in [-0.2, 0) is 11.2 Å². The summed E-state index contributed by atoms with van der Waals surface area (Å²) in [5, 5.41) is 6.62. The van der Waals surface area contributed by atoms with E-state index in [1.54, 1.807) is 12.1 Å². The number of hydrogen-bond acceptors (Lipinski definition) is 3. The van der Waals surface area contributed by atoms with Gasteiger partial charge in [0, 0.05) is 16.8 Å². The number of unbranched alkanes of at least 4 members (excludes halogenated alkanes) is 4. The largest absolute Gasteiger partial charge is 0.494 e. The first-order valence-electron chi connectivity index (χ1n) is 9.65. The van der Waals surface area contributed by atoms with Crippen LogP contribution in [0.25, 0.3) is 0 Å². The summed E-state index contributed by atoms with van der Waals surface area (Å²) < 4.78 is 5.80. The summed E-state index contributed by atoms with van der Waals surface area (Å²) in [6.07, 6.45) is 6.25. The van der Waals surface area contributed by atoms with Crippen molar-refractivity contribution in [1.82, 2.24) is 5.32 Å². The van der Waals surface area contributed by atoms with Crippen LogP contribution in [0.2, 0.25) is 5.02 Å². The number of carbonyl (C=O) groups is 1. The lowest BCUT2D eigenvalue weighted by atomic mass is 10.1. The minimum atomic E-state index is -0.181. The molecule has 6 heteroatoms. The number of nitrogens with one attached hydrogen (secondary N) is 2. The van der Waals surface area contributed by atoms with Gasteiger partial charge in [-0.3, -0.25) is 4.79 Å². The van der Waals surface area contributed by atoms with Gasteiger partial charge in [-0.2, -0.15) is 0 Å². The monoisotopic (exact) mass is 418 g/mol. The average Bonchev–Trinajstić information content (AvgIpc) is 2.66. The topological polar surface area (TPSA) is 50.4 Å². The van der Waals surface area contributed by atoms with Gasteiger partial charge in [-0.05, 0) is 48.5 Å². The van der Waals surface area contributed by atoms with E-state index in [1.165, 1.54) is 25.7 Å². The molecule has 0 saturated carbocycles. The number of thiocarbonyl (C=S) groups is 1. The minimum Gasteiger partial charge on any atom is -0.494 e. The fourth-order valence-electron chi connectivity index (χ4n) is 2.68. The second-order valence-electron chi connectivity index (χ2n) is 6.60. The molecule has 0 aromatic heterocycles. The van der Waals surface area contributed by atoms with Gasteiger partial charge >= 0.3 is 0 Å². The fraction of sp³-hybridized carbons (Fsp3) is 0.364. The van der Waals surface area contributed by atoms with E-state index in [9.17, 15) is 4.79 Å². The number of benzene rings is 2. The van der Waals surface area contributed by atoms with E-state index in [4.69, 9.17) is 28.6 Å². The molecule has 0 heterocycles. The second kappa shape index (κ2) is 12.4. The van der Waals surface area contributed by atoms with Gasteiger partial charge in [-0.1, -0.05) is 62.4 Å². The van der Waals surface area contributed by atoms with Crippen molar-refractivity contribution >= 4 is 40.5 Å². The summed E-state index contributed by atoms with van der Waals surface area (Å²) >= 11 is 11.1. The molecular formula is C22H27ClN2O2S. The molecule has 2 aromatic rings. The van der Waals surface area contributed by atoms with Crippen LogP contribution < -0.4 is 15.4 Å². The highest BCUT2D eigenvalue weighted by atomic mass is 35.5. The van der Waals surface area contributed by atoms with Crippen LogP contribution in [0.3, 0.4) is 0 Å². The molecule has 0 bridgehead atoms. The van der Waals surface area contributed by atoms with Crippen molar-refractivity contribution < 1.29 is 9.53 Å². The molecule has 0 spiro atoms. The smallest absolute Gasteiger partial charge is 0.230 e. The van der Waals surface area contributed by atoms with Crippen molar-refractivity contribution in [3.05, 3.63) is 59.1 Å². The van der Waals surface area contributed by atoms with E-state index >= 15 is 0 Å². The van der Waals surface area contributed by atoms with Gasteiger partial charge in [0.2, 0.25) is 5.91 Å². The first-order valence-corrected chi connectivity index (χ1v) is 10.4. The molecule has 0 unspecified atom stereocenters. The van der Waals surface area contributed by atoms with E-state index < -0.39 is 0 Å². The van der Waals surface area contributed by atoms with Crippen LogP contribution in [0.5, 0.6) is 5.75 Å². The normalized spacial score (nSPS) is 10.4. The Bertz CT molecular complexity index is 765. The molecule has 0 saturated heterocycles. The zero-order valence-corrected chi connectivity index (χ0v) is 17.7. The van der Waals surface area contributed by atoms with Crippen molar-refractivity contribution in [2.45, 2.75) is 45.4 Å². The lowest BCUT2D eigenvalue weighted by Gasteiger charge is -2.11. The molecule has 28 heavy (non-hydrogen) atoms. The molecule has 0 radical (unpaired) electrons. The predicted molar refractivity (Wildman–Crippen MR) is 120 cm³/mol. The molecule has 0 aliphatic rings. The third-order valence-corrected chi connectivity index (χ3v) is 4.60. The van der Waals surface area contributed by atoms with Gasteiger partial charge in [0.1, 0.15) is 5.75 Å². The maximum atomic E-state index is 12.1. The van der Waals surface area contributed by atoms with Crippen molar-refractivity contribution in [2.24, 2.45) is 0 Å². The van der Waals surface area contributed by atoms with Crippen LogP contribution in [-0.4, -0.2) is 17.6 Å². The van der Waals surface area contributed by atoms with E-state index in [-0.39, 0.29) is 17.4 Å². The maximum absolute atomic E-state index is 12.1. The van der Waals surface area contributed by atoms with Crippen molar-refractivity contribution in [3.8, 4) is 5.75 Å². The van der Waals surface area contributed by atoms with Gasteiger partial charge in [0.05, 0.1) is 13.0 Å². The highest BCUT2D eigenvalue weighted by Gasteiger charge is 2.07. The molecule has 0 aliphatic carbocycles. The Balaban J connectivity index is 1.75. The summed E-state index contributed by atoms with van der Waals surface area (Å²) in [4.78, 5) is 12.1. The van der Waals surface area contributed by atoms with Gasteiger partial charge in [-0.25, -0.2) is 0 Å². The molecule has 0 aliphatic heterocycles. The number of carbonyl (C=O) groups excluding carboxylic acids is 1. The van der Waals surface area contributed by atoms with Crippen molar-refractivity contribution in [3.63, 3.8) is 0 Å². The predicted octanol–water partition coefficient (Wildman–Crippen LogP) is 5.74. The van der Waals surface area contributed by atoms with E-state index in [1.807, 2.05) is 36.4 Å². The van der Waals surface area contributed by atoms with Crippen LogP contribution >= 0.6 is 23.8 Å². The lowest BCUT2D eigenvalue weighted by Crippen LogP contribution is -2.35. The highest BCUT2D eigenvalue weighted by molar-refractivity contribution is 7.80. The minimum absolute atomic E-state index is 0.181. The van der Waals surface area contributed by atoms with E-state index in [2.05, 4.69) is 17.6 Å². The number of ether oxygens (including phenoxy) is 1. The molecule has 4 nitrogen and oxygen atoms in total. The number of hydrogen-bond donors (Lipinski definition) is 2. The summed E-state index contributed by atoms with van der Waals surface area (Å²) in [5.41, 5.74) is 1.65. The van der Waals surface area contributed by atoms with E-state index in [0.29, 0.717) is 11.6 Å². The fourth-order valence-corrected chi connectivity index (χ4v) is 3.04. The Morgan fingerprint density at radius 2 is 1.82 bits per heavy atom. The Labute approximate surface area is 177 Å². The number of rotatable bonds is 10. The lowest BCUT2D eigenvalue weighted by molar-refractivity contribution is -0.119. The Morgan fingerprint density at radius 1 is 1.07 bits per heavy atom. The maximum Gasteiger partial charge on any atom is 0.230 e. The third-order valence-electron chi connectivity index (χ3n) is 4.14. The number of halogens is 1. The molecule has 2 N–H and O–H groups in total. The highest BCUT2D eigenvalue weighted by Crippen LogP contribution is 2.18. The molecule has 1 amide bonds. The molecule has 0 fully saturated rings. The standard InChI is InChI=1S/C22H27ClN2O2S/c1-2-3-4-5-6-14-27-20-9-7-8-19(16-20)24-22(28)25-21(26)15-17-10-12-18(23)13-11-17/h7-13,16H,2-6,14-15H2,1H3,(H2,24,25,26,28). The zero-order chi connectivity index (χ0) is 20.2. The number of amides is 1. The van der Waals surface area contributed by atoms with Crippen LogP contribution in [0, 0.1) is 0 Å². The van der Waals surface area contributed by atoms with E-state index in [0.717, 1.165) is 23.4 Å². The summed E-state index contributed by atoms with van der Waals surface area (Å²) in [5.74, 6) is 0.607. The zero-order valence-electron chi connectivity index (χ0n) is 16.2. The molecule has 0 atom stereocenters. The van der Waals surface area contributed by atoms with Crippen LogP contribution in [0.1, 0.15) is 44.6 Å². The van der Waals surface area contributed by atoms with Crippen molar-refractivity contribution in [2.75, 3.05) is 11.9 Å². The van der Waals surface area contributed by atoms with Gasteiger partial charge in [0.25, 0.3) is 0 Å². The average molecular weight is 419 g/mol. The first-order chi connectivity index (χ1) is 13.6. The second-order valence-corrected chi connectivity index (χ2v) is 7.44. The van der Waals surface area contributed by atoms with Gasteiger partial charge in [0.15, 0.2) is 5.11 Å². The van der Waals surface area contributed by atoms with Gasteiger partial charge < -0.3 is 15.4 Å². The van der Waals surface area contributed by atoms with Crippen LogP contribution in [0.4, 0.5) is 5.69 Å². The Kier molecular flexibility index (Phi) is 9.80. The first kappa shape index (κ1) is 22.2. The molecular weight excluding hydrogens is 392 g/mol. The van der Waals surface area contributed by atoms with Gasteiger partial charge in [-0.15, -0.1) is 0 Å². The Morgan fingerprint density at radius 3 is 2.57 bits per heavy atom. The van der Waals surface area contributed by atoms with Crippen LogP contribution in [0.15, 0.2) is 48.5 Å². The summed E-state index contributed by atoms with van der Waals surface area (Å²) in [7, 11) is 0. The molecule has 150 valence electrons. The quantitative estimate of drug-likeness (QED) is 0.381. The molecule has 2 rings (SSSR count). The molecule has 2 aromatic carbocycles. The number of anilines is 1. The van der Waals surface area contributed by atoms with Crippen molar-refractivity contribution in [1.29, 1.82) is 0 Å². The summed E-state index contributed by atoms with van der Waals surface area (Å²) in [6, 6.07) is 14.7. The third kappa shape index (κ3) is 8.72. The Hall–Kier alpha value is -2.11. The SMILES string of the molecule is CCCCCCCOc1cccc(NC(=S)NC(=O)Cc2ccc(Cl)cc2)c1. The summed E-state index contributed by atoms with van der Waals surface area (Å²) in [6.45, 7) is 2.91.